The van der Waals surface area contributed by atoms with Crippen LogP contribution in [0.15, 0.2) is 47.1 Å². The van der Waals surface area contributed by atoms with Crippen molar-refractivity contribution in [3.05, 3.63) is 59.5 Å². The Kier molecular flexibility index (Phi) is 5.17. The van der Waals surface area contributed by atoms with E-state index in [2.05, 4.69) is 5.32 Å². The molecule has 0 bridgehead atoms. The van der Waals surface area contributed by atoms with Gasteiger partial charge in [0.05, 0.1) is 6.26 Å². The predicted molar refractivity (Wildman–Crippen MR) is 82.7 cm³/mol. The van der Waals surface area contributed by atoms with Crippen LogP contribution in [0.4, 0.5) is 0 Å². The van der Waals surface area contributed by atoms with Crippen molar-refractivity contribution in [1.29, 1.82) is 0 Å². The number of benzene rings is 1. The van der Waals surface area contributed by atoms with Crippen molar-refractivity contribution < 1.29 is 9.21 Å². The van der Waals surface area contributed by atoms with Gasteiger partial charge in [0.2, 0.25) is 5.91 Å². The molecule has 1 aromatic heterocycles. The number of hydrogen-bond donors (Lipinski definition) is 2. The average Bonchev–Trinajstić information content (AvgIpc) is 2.98. The first-order valence-corrected chi connectivity index (χ1v) is 7.21. The summed E-state index contributed by atoms with van der Waals surface area (Å²) >= 11 is 0. The Hall–Kier alpha value is -2.07. The van der Waals surface area contributed by atoms with Crippen molar-refractivity contribution in [2.45, 2.75) is 38.8 Å². The van der Waals surface area contributed by atoms with Gasteiger partial charge < -0.3 is 15.5 Å². The van der Waals surface area contributed by atoms with Crippen LogP contribution in [0.3, 0.4) is 0 Å². The SMILES string of the molecule is Cc1ccc(C(N)C(=O)NC(C)CCc2ccco2)cc1. The summed E-state index contributed by atoms with van der Waals surface area (Å²) in [6.07, 6.45) is 3.28. The second-order valence-corrected chi connectivity index (χ2v) is 5.42. The molecule has 4 nitrogen and oxygen atoms in total. The van der Waals surface area contributed by atoms with Crippen LogP contribution in [0, 0.1) is 6.92 Å². The molecule has 1 aromatic carbocycles. The minimum Gasteiger partial charge on any atom is -0.469 e. The Morgan fingerprint density at radius 1 is 1.29 bits per heavy atom. The summed E-state index contributed by atoms with van der Waals surface area (Å²) < 4.78 is 5.28. The molecule has 112 valence electrons. The summed E-state index contributed by atoms with van der Waals surface area (Å²) in [5, 5.41) is 2.95. The first kappa shape index (κ1) is 15.3. The van der Waals surface area contributed by atoms with Gasteiger partial charge in [-0.05, 0) is 38.0 Å². The third-order valence-electron chi connectivity index (χ3n) is 3.51. The van der Waals surface area contributed by atoms with Crippen molar-refractivity contribution in [2.24, 2.45) is 5.73 Å². The second-order valence-electron chi connectivity index (χ2n) is 5.42. The standard InChI is InChI=1S/C17H22N2O2/c1-12-5-8-14(9-6-12)16(18)17(20)19-13(2)7-10-15-4-3-11-21-15/h3-6,8-9,11,13,16H,7,10,18H2,1-2H3,(H,19,20). The van der Waals surface area contributed by atoms with Crippen molar-refractivity contribution in [2.75, 3.05) is 0 Å². The molecule has 2 unspecified atom stereocenters. The van der Waals surface area contributed by atoms with Crippen molar-refractivity contribution >= 4 is 5.91 Å². The van der Waals surface area contributed by atoms with Crippen molar-refractivity contribution in [3.63, 3.8) is 0 Å². The van der Waals surface area contributed by atoms with Crippen LogP contribution in [-0.4, -0.2) is 11.9 Å². The van der Waals surface area contributed by atoms with E-state index in [4.69, 9.17) is 10.2 Å². The van der Waals surface area contributed by atoms with Crippen LogP contribution in [0.5, 0.6) is 0 Å². The van der Waals surface area contributed by atoms with Gasteiger partial charge in [-0.3, -0.25) is 4.79 Å². The highest BCUT2D eigenvalue weighted by molar-refractivity contribution is 5.83. The quantitative estimate of drug-likeness (QED) is 0.858. The molecule has 0 aliphatic heterocycles. The van der Waals surface area contributed by atoms with Gasteiger partial charge in [-0.15, -0.1) is 0 Å². The summed E-state index contributed by atoms with van der Waals surface area (Å²) in [6, 6.07) is 10.9. The van der Waals surface area contributed by atoms with E-state index in [-0.39, 0.29) is 11.9 Å². The van der Waals surface area contributed by atoms with Gasteiger partial charge in [0.25, 0.3) is 0 Å². The molecule has 0 radical (unpaired) electrons. The number of furan rings is 1. The average molecular weight is 286 g/mol. The van der Waals surface area contributed by atoms with Gasteiger partial charge >= 0.3 is 0 Å². The predicted octanol–water partition coefficient (Wildman–Crippen LogP) is 2.73. The minimum absolute atomic E-state index is 0.0547. The smallest absolute Gasteiger partial charge is 0.241 e. The van der Waals surface area contributed by atoms with E-state index >= 15 is 0 Å². The fourth-order valence-electron chi connectivity index (χ4n) is 2.14. The van der Waals surface area contributed by atoms with Crippen LogP contribution in [0.1, 0.15) is 36.3 Å². The number of nitrogens with two attached hydrogens (primary N) is 1. The molecule has 1 heterocycles. The third-order valence-corrected chi connectivity index (χ3v) is 3.51. The Balaban J connectivity index is 1.83. The van der Waals surface area contributed by atoms with Crippen LogP contribution >= 0.6 is 0 Å². The molecule has 4 heteroatoms. The maximum atomic E-state index is 12.1. The Morgan fingerprint density at radius 3 is 2.62 bits per heavy atom. The Labute approximate surface area is 125 Å². The molecule has 0 aliphatic carbocycles. The number of aryl methyl sites for hydroxylation is 2. The lowest BCUT2D eigenvalue weighted by Crippen LogP contribution is -2.39. The molecule has 2 atom stereocenters. The number of hydrogen-bond acceptors (Lipinski definition) is 3. The zero-order chi connectivity index (χ0) is 15.2. The molecule has 2 rings (SSSR count). The summed E-state index contributed by atoms with van der Waals surface area (Å²) in [6.45, 7) is 3.98. The molecule has 1 amide bonds. The van der Waals surface area contributed by atoms with E-state index in [0.717, 1.165) is 29.7 Å². The van der Waals surface area contributed by atoms with Crippen molar-refractivity contribution in [1.82, 2.24) is 5.32 Å². The van der Waals surface area contributed by atoms with E-state index in [0.29, 0.717) is 0 Å². The highest BCUT2D eigenvalue weighted by atomic mass is 16.3. The fraction of sp³-hybridized carbons (Fsp3) is 0.353. The Bertz CT molecular complexity index is 561. The molecule has 0 saturated carbocycles. The first-order valence-electron chi connectivity index (χ1n) is 7.21. The number of carbonyl (C=O) groups excluding carboxylic acids is 1. The molecule has 0 aliphatic rings. The van der Waals surface area contributed by atoms with Crippen molar-refractivity contribution in [3.8, 4) is 0 Å². The molecule has 0 saturated heterocycles. The topological polar surface area (TPSA) is 68.3 Å². The normalized spacial score (nSPS) is 13.7. The maximum Gasteiger partial charge on any atom is 0.241 e. The fourth-order valence-corrected chi connectivity index (χ4v) is 2.14. The summed E-state index contributed by atoms with van der Waals surface area (Å²) in [7, 11) is 0. The molecule has 2 aromatic rings. The van der Waals surface area contributed by atoms with Gasteiger partial charge in [-0.1, -0.05) is 29.8 Å². The molecule has 21 heavy (non-hydrogen) atoms. The lowest BCUT2D eigenvalue weighted by molar-refractivity contribution is -0.123. The number of carbonyl (C=O) groups is 1. The second kappa shape index (κ2) is 7.09. The molecule has 0 fully saturated rings. The highest BCUT2D eigenvalue weighted by Crippen LogP contribution is 2.12. The lowest BCUT2D eigenvalue weighted by atomic mass is 10.0. The highest BCUT2D eigenvalue weighted by Gasteiger charge is 2.17. The number of nitrogens with one attached hydrogen (secondary N) is 1. The van der Waals surface area contributed by atoms with E-state index in [1.807, 2.05) is 50.2 Å². The van der Waals surface area contributed by atoms with Gasteiger partial charge in [0.1, 0.15) is 11.8 Å². The summed E-state index contributed by atoms with van der Waals surface area (Å²) in [5.41, 5.74) is 7.98. The molecule has 3 N–H and O–H groups in total. The maximum absolute atomic E-state index is 12.1. The summed E-state index contributed by atoms with van der Waals surface area (Å²) in [5.74, 6) is 0.782. The zero-order valence-electron chi connectivity index (χ0n) is 12.5. The van der Waals surface area contributed by atoms with E-state index in [9.17, 15) is 4.79 Å². The zero-order valence-corrected chi connectivity index (χ0v) is 12.5. The first-order chi connectivity index (χ1) is 10.1. The van der Waals surface area contributed by atoms with Crippen LogP contribution in [-0.2, 0) is 11.2 Å². The third kappa shape index (κ3) is 4.46. The number of rotatable bonds is 6. The van der Waals surface area contributed by atoms with E-state index < -0.39 is 6.04 Å². The van der Waals surface area contributed by atoms with Gasteiger partial charge in [-0.25, -0.2) is 0 Å². The van der Waals surface area contributed by atoms with E-state index in [1.165, 1.54) is 0 Å². The Morgan fingerprint density at radius 2 is 2.00 bits per heavy atom. The molecular weight excluding hydrogens is 264 g/mol. The van der Waals surface area contributed by atoms with Crippen LogP contribution in [0.25, 0.3) is 0 Å². The van der Waals surface area contributed by atoms with Crippen LogP contribution in [0.2, 0.25) is 0 Å². The lowest BCUT2D eigenvalue weighted by Gasteiger charge is -2.17. The van der Waals surface area contributed by atoms with Crippen LogP contribution < -0.4 is 11.1 Å². The van der Waals surface area contributed by atoms with Gasteiger partial charge in [0, 0.05) is 12.5 Å². The van der Waals surface area contributed by atoms with Gasteiger partial charge in [-0.2, -0.15) is 0 Å². The number of amides is 1. The molecular formula is C17H22N2O2. The molecule has 0 spiro atoms. The largest absolute Gasteiger partial charge is 0.469 e. The minimum atomic E-state index is -0.628. The van der Waals surface area contributed by atoms with E-state index in [1.54, 1.807) is 6.26 Å². The van der Waals surface area contributed by atoms with Gasteiger partial charge in [0.15, 0.2) is 0 Å². The summed E-state index contributed by atoms with van der Waals surface area (Å²) in [4.78, 5) is 12.1. The monoisotopic (exact) mass is 286 g/mol.